The Morgan fingerprint density at radius 3 is 1.82 bits per heavy atom. The number of carbonyl (C=O) groups excluding carboxylic acids is 1. The molecule has 0 radical (unpaired) electrons. The standard InChI is InChI=1S/C15H30O2/c1-9-10-12(15(6,7)8)13(16)17-11(2)14(3,4)5/h11-12H,9-10H2,1-8H3. The molecule has 0 bridgehead atoms. The number of hydrogen-bond donors (Lipinski definition) is 0. The van der Waals surface area contributed by atoms with Gasteiger partial charge >= 0.3 is 5.97 Å². The quantitative estimate of drug-likeness (QED) is 0.682. The Labute approximate surface area is 107 Å². The molecule has 2 heteroatoms. The lowest BCUT2D eigenvalue weighted by Crippen LogP contribution is -2.36. The van der Waals surface area contributed by atoms with Crippen LogP contribution in [0.2, 0.25) is 0 Å². The summed E-state index contributed by atoms with van der Waals surface area (Å²) in [6, 6.07) is 0. The first-order valence-electron chi connectivity index (χ1n) is 6.70. The number of rotatable bonds is 4. The van der Waals surface area contributed by atoms with E-state index >= 15 is 0 Å². The van der Waals surface area contributed by atoms with Gasteiger partial charge in [-0.1, -0.05) is 54.9 Å². The molecule has 0 aliphatic heterocycles. The van der Waals surface area contributed by atoms with E-state index in [0.717, 1.165) is 12.8 Å². The van der Waals surface area contributed by atoms with Gasteiger partial charge in [-0.25, -0.2) is 0 Å². The topological polar surface area (TPSA) is 26.3 Å². The minimum Gasteiger partial charge on any atom is -0.462 e. The van der Waals surface area contributed by atoms with Gasteiger partial charge in [0.05, 0.1) is 5.92 Å². The van der Waals surface area contributed by atoms with Crippen LogP contribution in [-0.4, -0.2) is 12.1 Å². The largest absolute Gasteiger partial charge is 0.462 e. The first kappa shape index (κ1) is 16.5. The number of carbonyl (C=O) groups is 1. The summed E-state index contributed by atoms with van der Waals surface area (Å²) in [5.74, 6) is -0.0425. The van der Waals surface area contributed by atoms with Crippen molar-refractivity contribution in [1.82, 2.24) is 0 Å². The van der Waals surface area contributed by atoms with Gasteiger partial charge in [-0.3, -0.25) is 4.79 Å². The monoisotopic (exact) mass is 242 g/mol. The lowest BCUT2D eigenvalue weighted by molar-refractivity contribution is -0.162. The van der Waals surface area contributed by atoms with Crippen LogP contribution >= 0.6 is 0 Å². The molecule has 2 unspecified atom stereocenters. The molecule has 0 aliphatic rings. The zero-order valence-corrected chi connectivity index (χ0v) is 12.9. The van der Waals surface area contributed by atoms with E-state index in [1.54, 1.807) is 0 Å². The molecule has 2 atom stereocenters. The van der Waals surface area contributed by atoms with Crippen LogP contribution in [-0.2, 0) is 9.53 Å². The van der Waals surface area contributed by atoms with Crippen LogP contribution in [0.4, 0.5) is 0 Å². The normalized spacial score (nSPS) is 16.5. The third kappa shape index (κ3) is 5.56. The summed E-state index contributed by atoms with van der Waals surface area (Å²) in [7, 11) is 0. The smallest absolute Gasteiger partial charge is 0.309 e. The molecular weight excluding hydrogens is 212 g/mol. The van der Waals surface area contributed by atoms with Gasteiger partial charge in [0, 0.05) is 0 Å². The van der Waals surface area contributed by atoms with Gasteiger partial charge in [-0.2, -0.15) is 0 Å². The van der Waals surface area contributed by atoms with Gasteiger partial charge < -0.3 is 4.74 Å². The Morgan fingerprint density at radius 2 is 1.53 bits per heavy atom. The molecule has 0 heterocycles. The second-order valence-corrected chi connectivity index (χ2v) is 7.15. The molecular formula is C15H30O2. The molecule has 0 aliphatic carbocycles. The van der Waals surface area contributed by atoms with Crippen molar-refractivity contribution < 1.29 is 9.53 Å². The molecule has 17 heavy (non-hydrogen) atoms. The van der Waals surface area contributed by atoms with E-state index in [2.05, 4.69) is 48.5 Å². The van der Waals surface area contributed by atoms with Gasteiger partial charge in [-0.15, -0.1) is 0 Å². The van der Waals surface area contributed by atoms with Crippen LogP contribution in [0.3, 0.4) is 0 Å². The maximum Gasteiger partial charge on any atom is 0.309 e. The zero-order chi connectivity index (χ0) is 13.9. The van der Waals surface area contributed by atoms with Crippen LogP contribution in [0.1, 0.15) is 68.2 Å². The summed E-state index contributed by atoms with van der Waals surface area (Å²) in [5, 5.41) is 0. The van der Waals surface area contributed by atoms with Crippen molar-refractivity contribution in [3.63, 3.8) is 0 Å². The van der Waals surface area contributed by atoms with Crippen molar-refractivity contribution in [3.8, 4) is 0 Å². The molecule has 0 N–H and O–H groups in total. The van der Waals surface area contributed by atoms with Crippen molar-refractivity contribution in [1.29, 1.82) is 0 Å². The Kier molecular flexibility index (Phi) is 5.70. The van der Waals surface area contributed by atoms with E-state index in [1.165, 1.54) is 0 Å². The molecule has 0 aromatic heterocycles. The number of hydrogen-bond acceptors (Lipinski definition) is 2. The Morgan fingerprint density at radius 1 is 1.06 bits per heavy atom. The molecule has 0 rings (SSSR count). The highest BCUT2D eigenvalue weighted by Crippen LogP contribution is 2.32. The summed E-state index contributed by atoms with van der Waals surface area (Å²) in [6.07, 6.45) is 1.87. The summed E-state index contributed by atoms with van der Waals surface area (Å²) in [6.45, 7) is 16.7. The Bertz CT molecular complexity index is 243. The number of ether oxygens (including phenoxy) is 1. The first-order valence-corrected chi connectivity index (χ1v) is 6.70. The van der Waals surface area contributed by atoms with Crippen LogP contribution < -0.4 is 0 Å². The third-order valence-corrected chi connectivity index (χ3v) is 3.42. The highest BCUT2D eigenvalue weighted by Gasteiger charge is 2.34. The second kappa shape index (κ2) is 5.88. The van der Waals surface area contributed by atoms with E-state index in [-0.39, 0.29) is 28.8 Å². The van der Waals surface area contributed by atoms with E-state index in [0.29, 0.717) is 0 Å². The average Bonchev–Trinajstić information content (AvgIpc) is 2.10. The first-order chi connectivity index (χ1) is 7.50. The molecule has 0 spiro atoms. The molecule has 0 aromatic carbocycles. The summed E-state index contributed by atoms with van der Waals surface area (Å²) < 4.78 is 5.62. The van der Waals surface area contributed by atoms with Gasteiger partial charge in [-0.05, 0) is 24.2 Å². The third-order valence-electron chi connectivity index (χ3n) is 3.42. The predicted octanol–water partition coefficient (Wildman–Crippen LogP) is 4.43. The molecule has 2 nitrogen and oxygen atoms in total. The molecule has 0 amide bonds. The van der Waals surface area contributed by atoms with Crippen molar-refractivity contribution in [2.75, 3.05) is 0 Å². The van der Waals surface area contributed by atoms with Crippen molar-refractivity contribution >= 4 is 5.97 Å². The maximum atomic E-state index is 12.2. The fraction of sp³-hybridized carbons (Fsp3) is 0.933. The highest BCUT2D eigenvalue weighted by atomic mass is 16.5. The van der Waals surface area contributed by atoms with Gasteiger partial charge in [0.25, 0.3) is 0 Å². The van der Waals surface area contributed by atoms with E-state index < -0.39 is 0 Å². The molecule has 102 valence electrons. The Balaban J connectivity index is 4.66. The molecule has 0 saturated heterocycles. The summed E-state index contributed by atoms with van der Waals surface area (Å²) in [4.78, 5) is 12.2. The lowest BCUT2D eigenvalue weighted by Gasteiger charge is -2.33. The van der Waals surface area contributed by atoms with Gasteiger partial charge in [0.2, 0.25) is 0 Å². The maximum absolute atomic E-state index is 12.2. The fourth-order valence-electron chi connectivity index (χ4n) is 1.63. The molecule has 0 aromatic rings. The zero-order valence-electron chi connectivity index (χ0n) is 12.9. The SMILES string of the molecule is CCCC(C(=O)OC(C)C(C)(C)C)C(C)(C)C. The molecule has 0 saturated carbocycles. The molecule has 0 fully saturated rings. The van der Waals surface area contributed by atoms with Gasteiger partial charge in [0.1, 0.15) is 6.10 Å². The average molecular weight is 242 g/mol. The van der Waals surface area contributed by atoms with Crippen LogP contribution in [0.5, 0.6) is 0 Å². The van der Waals surface area contributed by atoms with Crippen LogP contribution in [0, 0.1) is 16.7 Å². The van der Waals surface area contributed by atoms with Crippen LogP contribution in [0.15, 0.2) is 0 Å². The van der Waals surface area contributed by atoms with Crippen molar-refractivity contribution in [2.24, 2.45) is 16.7 Å². The van der Waals surface area contributed by atoms with Crippen LogP contribution in [0.25, 0.3) is 0 Å². The van der Waals surface area contributed by atoms with E-state index in [9.17, 15) is 4.79 Å². The second-order valence-electron chi connectivity index (χ2n) is 7.15. The van der Waals surface area contributed by atoms with Gasteiger partial charge in [0.15, 0.2) is 0 Å². The highest BCUT2D eigenvalue weighted by molar-refractivity contribution is 5.73. The fourth-order valence-corrected chi connectivity index (χ4v) is 1.63. The minimum absolute atomic E-state index is 0.00250. The van der Waals surface area contributed by atoms with Crippen molar-refractivity contribution in [3.05, 3.63) is 0 Å². The lowest BCUT2D eigenvalue weighted by atomic mass is 9.78. The van der Waals surface area contributed by atoms with E-state index in [1.807, 2.05) is 6.92 Å². The predicted molar refractivity (Wildman–Crippen MR) is 72.9 cm³/mol. The van der Waals surface area contributed by atoms with E-state index in [4.69, 9.17) is 4.74 Å². The minimum atomic E-state index is -0.0447. The Hall–Kier alpha value is -0.530. The summed E-state index contributed by atoms with van der Waals surface area (Å²) >= 11 is 0. The van der Waals surface area contributed by atoms with Crippen molar-refractivity contribution in [2.45, 2.75) is 74.3 Å². The summed E-state index contributed by atoms with van der Waals surface area (Å²) in [5.41, 5.74) is -0.0188. The number of esters is 1.